The minimum atomic E-state index is 0.242. The highest BCUT2D eigenvalue weighted by molar-refractivity contribution is 9.10. The Balaban J connectivity index is 2.38. The summed E-state index contributed by atoms with van der Waals surface area (Å²) in [5.41, 5.74) is 5.43. The van der Waals surface area contributed by atoms with E-state index < -0.39 is 0 Å². The van der Waals surface area contributed by atoms with Gasteiger partial charge in [0.2, 0.25) is 0 Å². The molecule has 0 radical (unpaired) electrons. The van der Waals surface area contributed by atoms with Crippen molar-refractivity contribution in [2.45, 2.75) is 20.3 Å². The first kappa shape index (κ1) is 17.0. The predicted octanol–water partition coefficient (Wildman–Crippen LogP) is 3.11. The first-order chi connectivity index (χ1) is 9.47. The zero-order chi connectivity index (χ0) is 15.0. The number of nitrogens with two attached hydrogens (primary N) is 1. The molecule has 0 fully saturated rings. The molecule has 0 aromatic heterocycles. The zero-order valence-electron chi connectivity index (χ0n) is 12.2. The molecule has 0 amide bonds. The summed E-state index contributed by atoms with van der Waals surface area (Å²) in [5, 5.41) is 7.32. The monoisotopic (exact) mass is 341 g/mol. The van der Waals surface area contributed by atoms with Crippen LogP contribution in [0.2, 0.25) is 0 Å². The molecule has 5 heteroatoms. The standard InChI is InChI=1S/C15H24BrN3O/c1-12(2)11-19(7-6-15(17)18)8-9-20-14-5-3-4-13(16)10-14/h3-5,10,12H,6-9,11H2,1-2H3,(H3,17,18). The fourth-order valence-corrected chi connectivity index (χ4v) is 2.32. The van der Waals surface area contributed by atoms with Crippen molar-refractivity contribution in [2.75, 3.05) is 26.2 Å². The summed E-state index contributed by atoms with van der Waals surface area (Å²) in [7, 11) is 0. The highest BCUT2D eigenvalue weighted by Gasteiger charge is 2.08. The molecule has 0 unspecified atom stereocenters. The van der Waals surface area contributed by atoms with Crippen LogP contribution in [0.4, 0.5) is 0 Å². The summed E-state index contributed by atoms with van der Waals surface area (Å²) >= 11 is 3.43. The van der Waals surface area contributed by atoms with Gasteiger partial charge in [0.25, 0.3) is 0 Å². The van der Waals surface area contributed by atoms with Crippen molar-refractivity contribution in [3.63, 3.8) is 0 Å². The van der Waals surface area contributed by atoms with Crippen molar-refractivity contribution in [3.8, 4) is 5.75 Å². The van der Waals surface area contributed by atoms with Crippen LogP contribution >= 0.6 is 15.9 Å². The van der Waals surface area contributed by atoms with E-state index >= 15 is 0 Å². The van der Waals surface area contributed by atoms with Gasteiger partial charge in [-0.15, -0.1) is 0 Å². The first-order valence-electron chi connectivity index (χ1n) is 6.91. The van der Waals surface area contributed by atoms with E-state index in [0.717, 1.165) is 29.9 Å². The molecule has 0 atom stereocenters. The van der Waals surface area contributed by atoms with Crippen molar-refractivity contribution < 1.29 is 4.74 Å². The van der Waals surface area contributed by atoms with E-state index in [-0.39, 0.29) is 5.84 Å². The van der Waals surface area contributed by atoms with Gasteiger partial charge in [0.15, 0.2) is 0 Å². The van der Waals surface area contributed by atoms with Crippen molar-refractivity contribution in [1.82, 2.24) is 4.90 Å². The normalized spacial score (nSPS) is 11.1. The lowest BCUT2D eigenvalue weighted by Gasteiger charge is -2.24. The molecular weight excluding hydrogens is 318 g/mol. The van der Waals surface area contributed by atoms with Crippen molar-refractivity contribution in [1.29, 1.82) is 5.41 Å². The van der Waals surface area contributed by atoms with Gasteiger partial charge in [0.05, 0.1) is 5.84 Å². The van der Waals surface area contributed by atoms with Gasteiger partial charge in [-0.05, 0) is 24.1 Å². The van der Waals surface area contributed by atoms with E-state index in [2.05, 4.69) is 34.7 Å². The number of halogens is 1. The third kappa shape index (κ3) is 7.50. The summed E-state index contributed by atoms with van der Waals surface area (Å²) < 4.78 is 6.77. The number of hydrogen-bond acceptors (Lipinski definition) is 3. The Labute approximate surface area is 129 Å². The topological polar surface area (TPSA) is 62.3 Å². The van der Waals surface area contributed by atoms with Crippen LogP contribution in [0, 0.1) is 11.3 Å². The number of nitrogens with zero attached hydrogens (tertiary/aromatic N) is 1. The lowest BCUT2D eigenvalue weighted by atomic mass is 10.2. The maximum atomic E-state index is 7.32. The molecule has 0 spiro atoms. The third-order valence-corrected chi connectivity index (χ3v) is 3.29. The van der Waals surface area contributed by atoms with Crippen molar-refractivity contribution in [3.05, 3.63) is 28.7 Å². The SMILES string of the molecule is CC(C)CN(CCOc1cccc(Br)c1)CCC(=N)N. The Kier molecular flexibility index (Phi) is 7.62. The van der Waals surface area contributed by atoms with E-state index in [0.29, 0.717) is 18.9 Å². The van der Waals surface area contributed by atoms with E-state index in [9.17, 15) is 0 Å². The first-order valence-corrected chi connectivity index (χ1v) is 7.70. The van der Waals surface area contributed by atoms with Gasteiger partial charge in [-0.3, -0.25) is 10.3 Å². The maximum Gasteiger partial charge on any atom is 0.120 e. The molecule has 0 heterocycles. The molecule has 0 aliphatic heterocycles. The fraction of sp³-hybridized carbons (Fsp3) is 0.533. The van der Waals surface area contributed by atoms with Gasteiger partial charge >= 0.3 is 0 Å². The number of amidine groups is 1. The number of ether oxygens (including phenoxy) is 1. The van der Waals surface area contributed by atoms with E-state index in [4.69, 9.17) is 15.9 Å². The van der Waals surface area contributed by atoms with Crippen LogP contribution in [-0.4, -0.2) is 37.0 Å². The molecule has 4 nitrogen and oxygen atoms in total. The van der Waals surface area contributed by atoms with Crippen LogP contribution in [0.5, 0.6) is 5.75 Å². The molecule has 1 rings (SSSR count). The predicted molar refractivity (Wildman–Crippen MR) is 87.4 cm³/mol. The van der Waals surface area contributed by atoms with E-state index in [1.54, 1.807) is 0 Å². The van der Waals surface area contributed by atoms with E-state index in [1.165, 1.54) is 0 Å². The molecule has 0 saturated heterocycles. The lowest BCUT2D eigenvalue weighted by Crippen LogP contribution is -2.34. The van der Waals surface area contributed by atoms with Gasteiger partial charge in [-0.2, -0.15) is 0 Å². The van der Waals surface area contributed by atoms with Crippen LogP contribution in [0.3, 0.4) is 0 Å². The quantitative estimate of drug-likeness (QED) is 0.535. The Hall–Kier alpha value is -1.07. The number of nitrogens with one attached hydrogen (secondary N) is 1. The smallest absolute Gasteiger partial charge is 0.120 e. The van der Waals surface area contributed by atoms with Crippen LogP contribution in [0.25, 0.3) is 0 Å². The van der Waals surface area contributed by atoms with Gasteiger partial charge in [-0.1, -0.05) is 35.8 Å². The number of rotatable bonds is 9. The second-order valence-electron chi connectivity index (χ2n) is 5.28. The lowest BCUT2D eigenvalue weighted by molar-refractivity contribution is 0.196. The van der Waals surface area contributed by atoms with Crippen LogP contribution < -0.4 is 10.5 Å². The average molecular weight is 342 g/mol. The van der Waals surface area contributed by atoms with Gasteiger partial charge < -0.3 is 10.5 Å². The summed E-state index contributed by atoms with van der Waals surface area (Å²) in [5.74, 6) is 1.70. The highest BCUT2D eigenvalue weighted by Crippen LogP contribution is 2.17. The average Bonchev–Trinajstić information content (AvgIpc) is 2.35. The number of hydrogen-bond donors (Lipinski definition) is 2. The van der Waals surface area contributed by atoms with Crippen molar-refractivity contribution in [2.24, 2.45) is 11.7 Å². The largest absolute Gasteiger partial charge is 0.492 e. The summed E-state index contributed by atoms with van der Waals surface area (Å²) in [4.78, 5) is 2.30. The van der Waals surface area contributed by atoms with Gasteiger partial charge in [-0.25, -0.2) is 0 Å². The molecule has 20 heavy (non-hydrogen) atoms. The molecule has 112 valence electrons. The minimum Gasteiger partial charge on any atom is -0.492 e. The van der Waals surface area contributed by atoms with Crippen molar-refractivity contribution >= 4 is 21.8 Å². The van der Waals surface area contributed by atoms with Crippen LogP contribution in [0.1, 0.15) is 20.3 Å². The van der Waals surface area contributed by atoms with Crippen LogP contribution in [0.15, 0.2) is 28.7 Å². The van der Waals surface area contributed by atoms with Crippen LogP contribution in [-0.2, 0) is 0 Å². The maximum absolute atomic E-state index is 7.32. The Morgan fingerprint density at radius 1 is 1.40 bits per heavy atom. The molecule has 3 N–H and O–H groups in total. The summed E-state index contributed by atoms with van der Waals surface area (Å²) in [6.45, 7) is 7.68. The Morgan fingerprint density at radius 2 is 2.15 bits per heavy atom. The summed E-state index contributed by atoms with van der Waals surface area (Å²) in [6, 6.07) is 7.85. The van der Waals surface area contributed by atoms with E-state index in [1.807, 2.05) is 24.3 Å². The number of benzene rings is 1. The molecular formula is C15H24BrN3O. The Bertz CT molecular complexity index is 423. The molecule has 0 aliphatic carbocycles. The highest BCUT2D eigenvalue weighted by atomic mass is 79.9. The fourth-order valence-electron chi connectivity index (χ4n) is 1.94. The second-order valence-corrected chi connectivity index (χ2v) is 6.19. The van der Waals surface area contributed by atoms with Gasteiger partial charge in [0.1, 0.15) is 12.4 Å². The van der Waals surface area contributed by atoms with Gasteiger partial charge in [0, 0.05) is 30.5 Å². The molecule has 0 saturated carbocycles. The molecule has 1 aromatic carbocycles. The molecule has 0 aliphatic rings. The molecule has 1 aromatic rings. The third-order valence-electron chi connectivity index (χ3n) is 2.79. The Morgan fingerprint density at radius 3 is 2.75 bits per heavy atom. The summed E-state index contributed by atoms with van der Waals surface area (Å²) in [6.07, 6.45) is 0.615. The molecule has 0 bridgehead atoms. The zero-order valence-corrected chi connectivity index (χ0v) is 13.8. The second kappa shape index (κ2) is 8.97. The minimum absolute atomic E-state index is 0.242.